The highest BCUT2D eigenvalue weighted by Crippen LogP contribution is 2.28. The normalized spacial score (nSPS) is 18.0. The fraction of sp³-hybridized carbons (Fsp3) is 0.846. The van der Waals surface area contributed by atoms with Crippen molar-refractivity contribution in [1.82, 2.24) is 4.90 Å². The van der Waals surface area contributed by atoms with Crippen LogP contribution in [-0.2, 0) is 9.59 Å². The molecule has 0 bridgehead atoms. The lowest BCUT2D eigenvalue weighted by molar-refractivity contribution is -0.142. The van der Waals surface area contributed by atoms with Crippen LogP contribution in [0.15, 0.2) is 0 Å². The Morgan fingerprint density at radius 3 is 2.47 bits per heavy atom. The molecular weight excluding hydrogens is 218 g/mol. The van der Waals surface area contributed by atoms with Crippen LogP contribution < -0.4 is 0 Å². The number of aliphatic carboxylic acids is 1. The SMILES string of the molecule is CC(CN(C)C(=O)CCC1CCCC1)C(=O)O. The van der Waals surface area contributed by atoms with Crippen LogP contribution >= 0.6 is 0 Å². The summed E-state index contributed by atoms with van der Waals surface area (Å²) in [5.41, 5.74) is 0. The number of carboxylic acids is 1. The number of rotatable bonds is 6. The van der Waals surface area contributed by atoms with Gasteiger partial charge in [0.1, 0.15) is 0 Å². The second kappa shape index (κ2) is 6.62. The van der Waals surface area contributed by atoms with Crippen LogP contribution in [0.2, 0.25) is 0 Å². The van der Waals surface area contributed by atoms with Gasteiger partial charge in [0, 0.05) is 20.0 Å². The number of carbonyl (C=O) groups is 2. The maximum Gasteiger partial charge on any atom is 0.308 e. The zero-order chi connectivity index (χ0) is 12.8. The molecular formula is C13H23NO3. The third kappa shape index (κ3) is 4.75. The highest BCUT2D eigenvalue weighted by molar-refractivity contribution is 5.77. The van der Waals surface area contributed by atoms with Crippen LogP contribution in [0.4, 0.5) is 0 Å². The standard InChI is InChI=1S/C13H23NO3/c1-10(13(16)17)9-14(2)12(15)8-7-11-5-3-4-6-11/h10-11H,3-9H2,1-2H3,(H,16,17). The first-order valence-corrected chi connectivity index (χ1v) is 6.47. The smallest absolute Gasteiger partial charge is 0.308 e. The van der Waals surface area contributed by atoms with Crippen molar-refractivity contribution in [1.29, 1.82) is 0 Å². The molecule has 0 radical (unpaired) electrons. The summed E-state index contributed by atoms with van der Waals surface area (Å²) in [7, 11) is 1.69. The average molecular weight is 241 g/mol. The zero-order valence-corrected chi connectivity index (χ0v) is 10.8. The first kappa shape index (κ1) is 14.0. The van der Waals surface area contributed by atoms with Gasteiger partial charge in [-0.05, 0) is 12.3 Å². The summed E-state index contributed by atoms with van der Waals surface area (Å²) in [6.45, 7) is 1.93. The molecule has 4 nitrogen and oxygen atoms in total. The molecule has 1 N–H and O–H groups in total. The molecule has 4 heteroatoms. The molecule has 98 valence electrons. The van der Waals surface area contributed by atoms with Crippen molar-refractivity contribution in [2.75, 3.05) is 13.6 Å². The number of carbonyl (C=O) groups excluding carboxylic acids is 1. The molecule has 1 amide bonds. The van der Waals surface area contributed by atoms with Gasteiger partial charge in [0.25, 0.3) is 0 Å². The lowest BCUT2D eigenvalue weighted by Gasteiger charge is -2.20. The van der Waals surface area contributed by atoms with E-state index in [4.69, 9.17) is 5.11 Å². The Hall–Kier alpha value is -1.06. The van der Waals surface area contributed by atoms with E-state index in [1.165, 1.54) is 25.7 Å². The summed E-state index contributed by atoms with van der Waals surface area (Å²) < 4.78 is 0. The molecule has 0 aromatic rings. The molecule has 1 aliphatic rings. The quantitative estimate of drug-likeness (QED) is 0.775. The van der Waals surface area contributed by atoms with E-state index in [1.807, 2.05) is 0 Å². The van der Waals surface area contributed by atoms with Crippen molar-refractivity contribution >= 4 is 11.9 Å². The molecule has 0 aromatic heterocycles. The fourth-order valence-electron chi connectivity index (χ4n) is 2.41. The Labute approximate surface area is 103 Å². The van der Waals surface area contributed by atoms with Crippen LogP contribution in [-0.4, -0.2) is 35.5 Å². The second-order valence-corrected chi connectivity index (χ2v) is 5.20. The molecule has 1 unspecified atom stereocenters. The van der Waals surface area contributed by atoms with Gasteiger partial charge < -0.3 is 10.0 Å². The predicted molar refractivity (Wildman–Crippen MR) is 65.6 cm³/mol. The second-order valence-electron chi connectivity index (χ2n) is 5.20. The van der Waals surface area contributed by atoms with Crippen LogP contribution in [0.5, 0.6) is 0 Å². The zero-order valence-electron chi connectivity index (χ0n) is 10.8. The molecule has 17 heavy (non-hydrogen) atoms. The van der Waals surface area contributed by atoms with Gasteiger partial charge in [-0.1, -0.05) is 32.6 Å². The lowest BCUT2D eigenvalue weighted by Crippen LogP contribution is -2.33. The molecule has 1 atom stereocenters. The van der Waals surface area contributed by atoms with Gasteiger partial charge >= 0.3 is 5.97 Å². The van der Waals surface area contributed by atoms with Crippen LogP contribution in [0.25, 0.3) is 0 Å². The molecule has 0 heterocycles. The molecule has 1 rings (SSSR count). The van der Waals surface area contributed by atoms with E-state index >= 15 is 0 Å². The Bertz CT molecular complexity index is 272. The van der Waals surface area contributed by atoms with E-state index in [9.17, 15) is 9.59 Å². The summed E-state index contributed by atoms with van der Waals surface area (Å²) in [5, 5.41) is 8.78. The van der Waals surface area contributed by atoms with Gasteiger partial charge in [-0.15, -0.1) is 0 Å². The molecule has 0 aliphatic heterocycles. The average Bonchev–Trinajstić information content (AvgIpc) is 2.78. The Morgan fingerprint density at radius 1 is 1.35 bits per heavy atom. The fourth-order valence-corrected chi connectivity index (χ4v) is 2.41. The van der Waals surface area contributed by atoms with Gasteiger partial charge in [0.2, 0.25) is 5.91 Å². The minimum atomic E-state index is -0.847. The number of hydrogen-bond donors (Lipinski definition) is 1. The highest BCUT2D eigenvalue weighted by atomic mass is 16.4. The third-order valence-corrected chi connectivity index (χ3v) is 3.64. The van der Waals surface area contributed by atoms with Crippen molar-refractivity contribution in [2.24, 2.45) is 11.8 Å². The van der Waals surface area contributed by atoms with Gasteiger partial charge in [0.15, 0.2) is 0 Å². The van der Waals surface area contributed by atoms with Crippen molar-refractivity contribution in [3.8, 4) is 0 Å². The molecule has 1 fully saturated rings. The minimum absolute atomic E-state index is 0.0741. The highest BCUT2D eigenvalue weighted by Gasteiger charge is 2.20. The first-order chi connectivity index (χ1) is 8.00. The monoisotopic (exact) mass is 241 g/mol. The van der Waals surface area contributed by atoms with Crippen molar-refractivity contribution in [3.05, 3.63) is 0 Å². The first-order valence-electron chi connectivity index (χ1n) is 6.47. The maximum absolute atomic E-state index is 11.8. The summed E-state index contributed by atoms with van der Waals surface area (Å²) in [4.78, 5) is 24.0. The van der Waals surface area contributed by atoms with Gasteiger partial charge in [-0.2, -0.15) is 0 Å². The van der Waals surface area contributed by atoms with Gasteiger partial charge in [0.05, 0.1) is 5.92 Å². The van der Waals surface area contributed by atoms with E-state index in [0.717, 1.165) is 6.42 Å². The summed E-state index contributed by atoms with van der Waals surface area (Å²) in [6.07, 6.45) is 6.62. The molecule has 1 aliphatic carbocycles. The summed E-state index contributed by atoms with van der Waals surface area (Å²) >= 11 is 0. The summed E-state index contributed by atoms with van der Waals surface area (Å²) in [6, 6.07) is 0. The van der Waals surface area contributed by atoms with E-state index < -0.39 is 11.9 Å². The largest absolute Gasteiger partial charge is 0.481 e. The van der Waals surface area contributed by atoms with Crippen LogP contribution in [0.1, 0.15) is 45.4 Å². The molecule has 0 spiro atoms. The maximum atomic E-state index is 11.8. The molecule has 0 saturated heterocycles. The van der Waals surface area contributed by atoms with E-state index in [2.05, 4.69) is 0 Å². The van der Waals surface area contributed by atoms with Crippen LogP contribution in [0.3, 0.4) is 0 Å². The Morgan fingerprint density at radius 2 is 1.94 bits per heavy atom. The van der Waals surface area contributed by atoms with Crippen molar-refractivity contribution in [2.45, 2.75) is 45.4 Å². The third-order valence-electron chi connectivity index (χ3n) is 3.64. The number of nitrogens with zero attached hydrogens (tertiary/aromatic N) is 1. The van der Waals surface area contributed by atoms with Crippen molar-refractivity contribution < 1.29 is 14.7 Å². The minimum Gasteiger partial charge on any atom is -0.481 e. The summed E-state index contributed by atoms with van der Waals surface area (Å²) in [5.74, 6) is -0.551. The number of carboxylic acid groups (broad SMARTS) is 1. The van der Waals surface area contributed by atoms with E-state index in [0.29, 0.717) is 18.9 Å². The number of amides is 1. The topological polar surface area (TPSA) is 57.6 Å². The Kier molecular flexibility index (Phi) is 5.45. The number of hydrogen-bond acceptors (Lipinski definition) is 2. The van der Waals surface area contributed by atoms with Gasteiger partial charge in [-0.3, -0.25) is 9.59 Å². The molecule has 0 aromatic carbocycles. The van der Waals surface area contributed by atoms with Crippen LogP contribution in [0, 0.1) is 11.8 Å². The molecule has 1 saturated carbocycles. The van der Waals surface area contributed by atoms with Gasteiger partial charge in [-0.25, -0.2) is 0 Å². The van der Waals surface area contributed by atoms with E-state index in [1.54, 1.807) is 18.9 Å². The van der Waals surface area contributed by atoms with E-state index in [-0.39, 0.29) is 5.91 Å². The lowest BCUT2D eigenvalue weighted by atomic mass is 10.0. The predicted octanol–water partition coefficient (Wildman–Crippen LogP) is 2.14. The van der Waals surface area contributed by atoms with Crippen molar-refractivity contribution in [3.63, 3.8) is 0 Å². The Balaban J connectivity index is 2.23.